The first kappa shape index (κ1) is 43.0. The quantitative estimate of drug-likeness (QED) is 0.0669. The van der Waals surface area contributed by atoms with Gasteiger partial charge in [-0.15, -0.1) is 0 Å². The Kier molecular flexibility index (Phi) is 20.6. The van der Waals surface area contributed by atoms with Gasteiger partial charge in [-0.2, -0.15) is 0 Å². The van der Waals surface area contributed by atoms with Gasteiger partial charge >= 0.3 is 11.9 Å². The molecule has 0 aromatic carbocycles. The Morgan fingerprint density at radius 2 is 1.21 bits per heavy atom. The molecule has 0 aromatic heterocycles. The molecule has 4 atom stereocenters. The average molecular weight is 665 g/mol. The monoisotopic (exact) mass is 664 g/mol. The summed E-state index contributed by atoms with van der Waals surface area (Å²) in [6.07, 6.45) is 8.61. The number of amides is 4. The highest BCUT2D eigenvalue weighted by Gasteiger charge is 2.31. The Bertz CT molecular complexity index is 1170. The van der Waals surface area contributed by atoms with E-state index in [0.29, 0.717) is 6.42 Å². The SMILES string of the molecule is CC(C)=CCC/C(C)=C/CC/C(C)=C/C(=O)N[C@@H](CCC(=O)N[C@H](C(=O)N[C@@H](CC(C)C)C(=O)N[C@@H](CO)C(=O)O)C(C)C)C(=O)O. The van der Waals surface area contributed by atoms with Crippen molar-refractivity contribution >= 4 is 35.6 Å². The molecule has 0 aliphatic rings. The molecule has 0 aliphatic heterocycles. The molecule has 0 rings (SSSR count). The third-order valence-corrected chi connectivity index (χ3v) is 7.18. The number of aliphatic hydroxyl groups excluding tert-OH is 1. The fourth-order valence-corrected chi connectivity index (χ4v) is 4.48. The summed E-state index contributed by atoms with van der Waals surface area (Å²) in [5.74, 6) is -5.94. The summed E-state index contributed by atoms with van der Waals surface area (Å²) in [5, 5.41) is 37.8. The van der Waals surface area contributed by atoms with Crippen LogP contribution in [0.25, 0.3) is 0 Å². The zero-order valence-electron chi connectivity index (χ0n) is 29.1. The van der Waals surface area contributed by atoms with Crippen molar-refractivity contribution in [2.24, 2.45) is 11.8 Å². The lowest BCUT2D eigenvalue weighted by atomic mass is 9.99. The number of hydrogen-bond donors (Lipinski definition) is 7. The van der Waals surface area contributed by atoms with Crippen molar-refractivity contribution in [1.29, 1.82) is 0 Å². The molecule has 0 aromatic rings. The minimum Gasteiger partial charge on any atom is -0.480 e. The van der Waals surface area contributed by atoms with E-state index in [9.17, 15) is 39.0 Å². The van der Waals surface area contributed by atoms with Crippen molar-refractivity contribution in [1.82, 2.24) is 21.3 Å². The van der Waals surface area contributed by atoms with Gasteiger partial charge in [0.1, 0.15) is 24.2 Å². The summed E-state index contributed by atoms with van der Waals surface area (Å²) < 4.78 is 0. The second kappa shape index (κ2) is 22.5. The van der Waals surface area contributed by atoms with Crippen molar-refractivity contribution in [2.45, 2.75) is 125 Å². The Hall–Kier alpha value is -4.00. The molecule has 0 saturated heterocycles. The van der Waals surface area contributed by atoms with E-state index in [4.69, 9.17) is 5.11 Å². The van der Waals surface area contributed by atoms with Crippen LogP contribution in [0.1, 0.15) is 100 Å². The van der Waals surface area contributed by atoms with Crippen LogP contribution in [0.5, 0.6) is 0 Å². The zero-order chi connectivity index (χ0) is 36.3. The summed E-state index contributed by atoms with van der Waals surface area (Å²) in [4.78, 5) is 74.3. The highest BCUT2D eigenvalue weighted by molar-refractivity contribution is 5.94. The summed E-state index contributed by atoms with van der Waals surface area (Å²) in [6, 6.07) is -5.12. The number of aliphatic carboxylic acids is 2. The molecule has 0 spiro atoms. The van der Waals surface area contributed by atoms with Crippen LogP contribution < -0.4 is 21.3 Å². The fourth-order valence-electron chi connectivity index (χ4n) is 4.48. The van der Waals surface area contributed by atoms with Crippen molar-refractivity contribution in [3.05, 3.63) is 34.9 Å². The van der Waals surface area contributed by atoms with E-state index in [1.54, 1.807) is 34.6 Å². The average Bonchev–Trinajstić information content (AvgIpc) is 2.95. The van der Waals surface area contributed by atoms with Crippen LogP contribution in [-0.4, -0.2) is 81.7 Å². The van der Waals surface area contributed by atoms with E-state index < -0.39 is 72.3 Å². The number of carbonyl (C=O) groups excluding carboxylic acids is 4. The number of carbonyl (C=O) groups is 6. The van der Waals surface area contributed by atoms with Gasteiger partial charge in [0.15, 0.2) is 0 Å². The molecule has 0 fully saturated rings. The lowest BCUT2D eigenvalue weighted by Crippen LogP contribution is -2.57. The molecular weight excluding hydrogens is 608 g/mol. The van der Waals surface area contributed by atoms with Gasteiger partial charge in [-0.25, -0.2) is 9.59 Å². The minimum atomic E-state index is -1.55. The summed E-state index contributed by atoms with van der Waals surface area (Å²) in [6.45, 7) is 14.1. The lowest BCUT2D eigenvalue weighted by molar-refractivity contribution is -0.143. The first-order chi connectivity index (χ1) is 21.9. The maximum absolute atomic E-state index is 13.1. The molecule has 7 N–H and O–H groups in total. The van der Waals surface area contributed by atoms with Crippen LogP contribution in [0, 0.1) is 11.8 Å². The second-order valence-corrected chi connectivity index (χ2v) is 12.9. The van der Waals surface area contributed by atoms with Crippen LogP contribution >= 0.6 is 0 Å². The smallest absolute Gasteiger partial charge is 0.328 e. The number of hydrogen-bond acceptors (Lipinski definition) is 7. The largest absolute Gasteiger partial charge is 0.480 e. The van der Waals surface area contributed by atoms with Gasteiger partial charge in [-0.1, -0.05) is 56.6 Å². The van der Waals surface area contributed by atoms with E-state index in [-0.39, 0.29) is 25.2 Å². The van der Waals surface area contributed by atoms with Crippen LogP contribution in [-0.2, 0) is 28.8 Å². The number of nitrogens with one attached hydrogen (secondary N) is 4. The summed E-state index contributed by atoms with van der Waals surface area (Å²) in [7, 11) is 0. The number of aliphatic hydroxyl groups is 1. The third-order valence-electron chi connectivity index (χ3n) is 7.18. The Balaban J connectivity index is 5.25. The molecule has 4 amide bonds. The first-order valence-corrected chi connectivity index (χ1v) is 16.1. The number of allylic oxidation sites excluding steroid dienone is 5. The van der Waals surface area contributed by atoms with Gasteiger partial charge in [0, 0.05) is 12.5 Å². The minimum absolute atomic E-state index is 0.0685. The number of carboxylic acid groups (broad SMARTS) is 2. The van der Waals surface area contributed by atoms with Crippen LogP contribution in [0.2, 0.25) is 0 Å². The number of carboxylic acids is 2. The van der Waals surface area contributed by atoms with E-state index in [1.165, 1.54) is 17.2 Å². The van der Waals surface area contributed by atoms with Gasteiger partial charge in [0.2, 0.25) is 23.6 Å². The standard InChI is InChI=1S/C34H56N4O9/c1-20(2)11-9-12-23(7)13-10-14-24(8)18-29(41)35-25(33(44)45)15-16-28(40)38-30(22(5)6)32(43)36-26(17-21(3)4)31(42)37-27(19-39)34(46)47/h11,13,18,21-22,25-27,30,39H,9-10,12,14-17,19H2,1-8H3,(H,35,41)(H,36,43)(H,37,42)(H,38,40)(H,44,45)(H,46,47)/b23-13+,24-18+/t25-,26-,27-,30-/m0/s1. The Labute approximate surface area is 278 Å². The van der Waals surface area contributed by atoms with E-state index in [1.807, 2.05) is 0 Å². The topological polar surface area (TPSA) is 211 Å². The van der Waals surface area contributed by atoms with Gasteiger partial charge in [-0.05, 0) is 78.1 Å². The molecule has 0 heterocycles. The van der Waals surface area contributed by atoms with Crippen molar-refractivity contribution < 1.29 is 44.1 Å². The molecule has 0 unspecified atom stereocenters. The molecule has 266 valence electrons. The summed E-state index contributed by atoms with van der Waals surface area (Å²) >= 11 is 0. The molecule has 0 radical (unpaired) electrons. The lowest BCUT2D eigenvalue weighted by Gasteiger charge is -2.27. The first-order valence-electron chi connectivity index (χ1n) is 16.1. The molecule has 13 nitrogen and oxygen atoms in total. The van der Waals surface area contributed by atoms with Crippen molar-refractivity contribution in [3.8, 4) is 0 Å². The molecule has 0 bridgehead atoms. The van der Waals surface area contributed by atoms with Crippen LogP contribution in [0.3, 0.4) is 0 Å². The normalized spacial score (nSPS) is 14.4. The van der Waals surface area contributed by atoms with E-state index >= 15 is 0 Å². The second-order valence-electron chi connectivity index (χ2n) is 12.9. The van der Waals surface area contributed by atoms with Crippen molar-refractivity contribution in [2.75, 3.05) is 6.61 Å². The number of rotatable bonds is 22. The third kappa shape index (κ3) is 19.3. The van der Waals surface area contributed by atoms with Crippen molar-refractivity contribution in [3.63, 3.8) is 0 Å². The Morgan fingerprint density at radius 1 is 0.660 bits per heavy atom. The highest BCUT2D eigenvalue weighted by Crippen LogP contribution is 2.12. The predicted octanol–water partition coefficient (Wildman–Crippen LogP) is 2.99. The maximum atomic E-state index is 13.1. The Morgan fingerprint density at radius 3 is 1.72 bits per heavy atom. The van der Waals surface area contributed by atoms with Crippen LogP contribution in [0.4, 0.5) is 0 Å². The molecular formula is C34H56N4O9. The predicted molar refractivity (Wildman–Crippen MR) is 179 cm³/mol. The molecule has 0 aliphatic carbocycles. The highest BCUT2D eigenvalue weighted by atomic mass is 16.4. The zero-order valence-corrected chi connectivity index (χ0v) is 29.1. The molecule has 13 heteroatoms. The van der Waals surface area contributed by atoms with E-state index in [2.05, 4.69) is 54.2 Å². The maximum Gasteiger partial charge on any atom is 0.328 e. The van der Waals surface area contributed by atoms with Gasteiger partial charge < -0.3 is 36.6 Å². The molecule has 47 heavy (non-hydrogen) atoms. The van der Waals surface area contributed by atoms with Crippen LogP contribution in [0.15, 0.2) is 34.9 Å². The molecule has 0 saturated carbocycles. The van der Waals surface area contributed by atoms with Gasteiger partial charge in [0.05, 0.1) is 6.61 Å². The van der Waals surface area contributed by atoms with Gasteiger partial charge in [-0.3, -0.25) is 19.2 Å². The summed E-state index contributed by atoms with van der Waals surface area (Å²) in [5.41, 5.74) is 3.32. The fraction of sp³-hybridized carbons (Fsp3) is 0.647. The van der Waals surface area contributed by atoms with E-state index in [0.717, 1.165) is 24.8 Å². The van der Waals surface area contributed by atoms with Gasteiger partial charge in [0.25, 0.3) is 0 Å².